The summed E-state index contributed by atoms with van der Waals surface area (Å²) in [6.45, 7) is 7.02. The van der Waals surface area contributed by atoms with E-state index in [4.69, 9.17) is 5.73 Å². The lowest BCUT2D eigenvalue weighted by atomic mass is 9.99. The number of nitrogen functional groups attached to an aromatic ring is 1. The molecule has 2 aliphatic rings. The van der Waals surface area contributed by atoms with Gasteiger partial charge in [-0.1, -0.05) is 30.7 Å². The monoisotopic (exact) mass is 378 g/mol. The van der Waals surface area contributed by atoms with Crippen molar-refractivity contribution < 1.29 is 0 Å². The van der Waals surface area contributed by atoms with Crippen molar-refractivity contribution in [1.82, 2.24) is 9.80 Å². The Morgan fingerprint density at radius 1 is 0.786 bits per heavy atom. The Morgan fingerprint density at radius 2 is 1.43 bits per heavy atom. The highest BCUT2D eigenvalue weighted by Crippen LogP contribution is 2.22. The maximum atomic E-state index is 5.75. The highest BCUT2D eigenvalue weighted by atomic mass is 15.2. The van der Waals surface area contributed by atoms with Crippen LogP contribution in [-0.2, 0) is 13.1 Å². The van der Waals surface area contributed by atoms with Crippen LogP contribution in [0.25, 0.3) is 0 Å². The van der Waals surface area contributed by atoms with Gasteiger partial charge in [0.25, 0.3) is 0 Å². The molecule has 28 heavy (non-hydrogen) atoms. The van der Waals surface area contributed by atoms with Crippen LogP contribution in [0.15, 0.2) is 48.5 Å². The third-order valence-electron chi connectivity index (χ3n) is 6.30. The zero-order chi connectivity index (χ0) is 19.2. The Labute approximate surface area is 169 Å². The van der Waals surface area contributed by atoms with E-state index < -0.39 is 0 Å². The molecule has 0 atom stereocenters. The summed E-state index contributed by atoms with van der Waals surface area (Å²) < 4.78 is 0. The summed E-state index contributed by atoms with van der Waals surface area (Å²) in [7, 11) is 0. The molecule has 2 heterocycles. The standard InChI is InChI=1S/C24H34N4/c25-22-8-4-20(5-9-22)18-26-23-10-6-21(7-11-23)19-27-16-12-24(13-17-27)28-14-2-1-3-15-28/h4-11,24,26H,1-3,12-19,25H2. The number of benzene rings is 2. The van der Waals surface area contributed by atoms with Gasteiger partial charge >= 0.3 is 0 Å². The van der Waals surface area contributed by atoms with Crippen molar-refractivity contribution in [2.24, 2.45) is 0 Å². The molecule has 2 aromatic carbocycles. The van der Waals surface area contributed by atoms with Crippen molar-refractivity contribution in [2.45, 2.75) is 51.2 Å². The fourth-order valence-corrected chi connectivity index (χ4v) is 4.55. The molecule has 3 N–H and O–H groups in total. The minimum Gasteiger partial charge on any atom is -0.399 e. The number of nitrogens with zero attached hydrogens (tertiary/aromatic N) is 2. The van der Waals surface area contributed by atoms with Crippen LogP contribution in [0, 0.1) is 0 Å². The molecule has 0 aromatic heterocycles. The number of rotatable bonds is 6. The number of hydrogen-bond donors (Lipinski definition) is 2. The van der Waals surface area contributed by atoms with Gasteiger partial charge in [0.15, 0.2) is 0 Å². The molecule has 2 aromatic rings. The minimum absolute atomic E-state index is 0.813. The summed E-state index contributed by atoms with van der Waals surface area (Å²) in [5.41, 5.74) is 10.4. The molecule has 4 heteroatoms. The first kappa shape index (κ1) is 19.3. The first-order valence-corrected chi connectivity index (χ1v) is 10.9. The van der Waals surface area contributed by atoms with Crippen LogP contribution in [0.3, 0.4) is 0 Å². The van der Waals surface area contributed by atoms with Gasteiger partial charge in [-0.25, -0.2) is 0 Å². The summed E-state index contributed by atoms with van der Waals surface area (Å²) in [5.74, 6) is 0. The number of piperidine rings is 2. The molecule has 150 valence electrons. The van der Waals surface area contributed by atoms with Gasteiger partial charge in [0.2, 0.25) is 0 Å². The molecule has 2 fully saturated rings. The van der Waals surface area contributed by atoms with E-state index in [9.17, 15) is 0 Å². The maximum Gasteiger partial charge on any atom is 0.0400 e. The number of nitrogens with one attached hydrogen (secondary N) is 1. The van der Waals surface area contributed by atoms with Crippen molar-refractivity contribution in [3.8, 4) is 0 Å². The molecule has 0 saturated carbocycles. The lowest BCUT2D eigenvalue weighted by Gasteiger charge is -2.40. The highest BCUT2D eigenvalue weighted by molar-refractivity contribution is 5.46. The third kappa shape index (κ3) is 5.27. The van der Waals surface area contributed by atoms with Crippen LogP contribution in [0.2, 0.25) is 0 Å². The molecule has 0 bridgehead atoms. The van der Waals surface area contributed by atoms with Gasteiger partial charge in [-0.3, -0.25) is 4.90 Å². The van der Waals surface area contributed by atoms with Gasteiger partial charge in [0.1, 0.15) is 0 Å². The molecule has 0 amide bonds. The van der Waals surface area contributed by atoms with Gasteiger partial charge < -0.3 is 16.0 Å². The summed E-state index contributed by atoms with van der Waals surface area (Å²) in [4.78, 5) is 5.37. The lowest BCUT2D eigenvalue weighted by molar-refractivity contribution is 0.0896. The van der Waals surface area contributed by atoms with Crippen LogP contribution in [0.5, 0.6) is 0 Å². The Morgan fingerprint density at radius 3 is 2.11 bits per heavy atom. The number of anilines is 2. The Hall–Kier alpha value is -2.04. The normalized spacial score (nSPS) is 19.6. The van der Waals surface area contributed by atoms with E-state index in [0.717, 1.165) is 24.8 Å². The average Bonchev–Trinajstić information content (AvgIpc) is 2.76. The predicted octanol–water partition coefficient (Wildman–Crippen LogP) is 4.33. The minimum atomic E-state index is 0.813. The molecule has 4 nitrogen and oxygen atoms in total. The molecule has 0 radical (unpaired) electrons. The second-order valence-electron chi connectivity index (χ2n) is 8.40. The van der Waals surface area contributed by atoms with Crippen LogP contribution < -0.4 is 11.1 Å². The van der Waals surface area contributed by atoms with E-state index in [-0.39, 0.29) is 0 Å². The van der Waals surface area contributed by atoms with Crippen molar-refractivity contribution in [3.05, 3.63) is 59.7 Å². The maximum absolute atomic E-state index is 5.75. The molecule has 4 rings (SSSR count). The third-order valence-corrected chi connectivity index (χ3v) is 6.30. The Bertz CT molecular complexity index is 711. The van der Waals surface area contributed by atoms with Gasteiger partial charge in [-0.15, -0.1) is 0 Å². The second-order valence-corrected chi connectivity index (χ2v) is 8.40. The Kier molecular flexibility index (Phi) is 6.50. The van der Waals surface area contributed by atoms with Crippen molar-refractivity contribution >= 4 is 11.4 Å². The van der Waals surface area contributed by atoms with E-state index in [1.165, 1.54) is 75.1 Å². The van der Waals surface area contributed by atoms with Gasteiger partial charge in [0, 0.05) is 30.5 Å². The summed E-state index contributed by atoms with van der Waals surface area (Å²) >= 11 is 0. The predicted molar refractivity (Wildman–Crippen MR) is 118 cm³/mol. The number of likely N-dealkylation sites (tertiary alicyclic amines) is 2. The summed E-state index contributed by atoms with van der Waals surface area (Å²) in [5, 5.41) is 3.49. The number of nitrogens with two attached hydrogens (primary N) is 1. The van der Waals surface area contributed by atoms with E-state index >= 15 is 0 Å². The molecule has 2 aliphatic heterocycles. The lowest BCUT2D eigenvalue weighted by Crippen LogP contribution is -2.46. The first-order valence-electron chi connectivity index (χ1n) is 10.9. The van der Waals surface area contributed by atoms with Crippen LogP contribution in [0.4, 0.5) is 11.4 Å². The quantitative estimate of drug-likeness (QED) is 0.735. The van der Waals surface area contributed by atoms with Crippen LogP contribution in [-0.4, -0.2) is 42.0 Å². The molecular formula is C24H34N4. The zero-order valence-corrected chi connectivity index (χ0v) is 16.9. The van der Waals surface area contributed by atoms with Gasteiger partial charge in [0.05, 0.1) is 0 Å². The summed E-state index contributed by atoms with van der Waals surface area (Å²) in [6.07, 6.45) is 6.90. The smallest absolute Gasteiger partial charge is 0.0400 e. The summed E-state index contributed by atoms with van der Waals surface area (Å²) in [6, 6.07) is 17.8. The van der Waals surface area contributed by atoms with Gasteiger partial charge in [-0.2, -0.15) is 0 Å². The fourth-order valence-electron chi connectivity index (χ4n) is 4.55. The van der Waals surface area contributed by atoms with E-state index in [1.54, 1.807) is 0 Å². The van der Waals surface area contributed by atoms with E-state index in [2.05, 4.69) is 51.5 Å². The zero-order valence-electron chi connectivity index (χ0n) is 16.9. The van der Waals surface area contributed by atoms with Crippen LogP contribution in [0.1, 0.15) is 43.2 Å². The molecule has 0 spiro atoms. The molecule has 2 saturated heterocycles. The SMILES string of the molecule is Nc1ccc(CNc2ccc(CN3CCC(N4CCCCC4)CC3)cc2)cc1. The number of hydrogen-bond acceptors (Lipinski definition) is 4. The van der Waals surface area contributed by atoms with Crippen molar-refractivity contribution in [1.29, 1.82) is 0 Å². The van der Waals surface area contributed by atoms with Crippen molar-refractivity contribution in [2.75, 3.05) is 37.2 Å². The first-order chi connectivity index (χ1) is 13.8. The van der Waals surface area contributed by atoms with E-state index in [0.29, 0.717) is 0 Å². The van der Waals surface area contributed by atoms with Crippen molar-refractivity contribution in [3.63, 3.8) is 0 Å². The molecule has 0 unspecified atom stereocenters. The van der Waals surface area contributed by atoms with Crippen LogP contribution >= 0.6 is 0 Å². The Balaban J connectivity index is 1.22. The molecule has 0 aliphatic carbocycles. The van der Waals surface area contributed by atoms with Gasteiger partial charge in [-0.05, 0) is 87.3 Å². The fraction of sp³-hybridized carbons (Fsp3) is 0.500. The highest BCUT2D eigenvalue weighted by Gasteiger charge is 2.25. The van der Waals surface area contributed by atoms with E-state index in [1.807, 2.05) is 12.1 Å². The topological polar surface area (TPSA) is 44.5 Å². The molecular weight excluding hydrogens is 344 g/mol. The second kappa shape index (κ2) is 9.44. The average molecular weight is 379 g/mol. The largest absolute Gasteiger partial charge is 0.399 e.